The first-order valence-electron chi connectivity index (χ1n) is 9.47. The van der Waals surface area contributed by atoms with Crippen LogP contribution in [0.2, 0.25) is 5.02 Å². The molecule has 156 valence electrons. The van der Waals surface area contributed by atoms with Gasteiger partial charge in [0, 0.05) is 35.3 Å². The second kappa shape index (κ2) is 13.0. The van der Waals surface area contributed by atoms with E-state index in [2.05, 4.69) is 15.6 Å². The number of aliphatic imine (C=N–C) groups is 1. The second-order valence-corrected chi connectivity index (χ2v) is 7.74. The van der Waals surface area contributed by atoms with E-state index in [1.165, 1.54) is 4.90 Å². The number of nitrogens with two attached hydrogens (primary N) is 1. The molecule has 29 heavy (non-hydrogen) atoms. The van der Waals surface area contributed by atoms with Crippen molar-refractivity contribution >= 4 is 35.2 Å². The number of thioether (sulfide) groups is 1. The number of primary amides is 1. The smallest absolute Gasteiger partial charge is 0.255 e. The Morgan fingerprint density at radius 3 is 2.52 bits per heavy atom. The van der Waals surface area contributed by atoms with Gasteiger partial charge in [-0.15, -0.1) is 11.8 Å². The molecule has 0 heterocycles. The number of ether oxygens (including phenoxy) is 1. The molecule has 8 heteroatoms. The van der Waals surface area contributed by atoms with Crippen molar-refractivity contribution < 1.29 is 9.53 Å². The van der Waals surface area contributed by atoms with Crippen LogP contribution < -0.4 is 21.1 Å². The average Bonchev–Trinajstić information content (AvgIpc) is 2.72. The van der Waals surface area contributed by atoms with Gasteiger partial charge in [-0.05, 0) is 55.3 Å². The highest BCUT2D eigenvalue weighted by Crippen LogP contribution is 2.19. The van der Waals surface area contributed by atoms with Gasteiger partial charge in [0.1, 0.15) is 5.75 Å². The molecule has 0 aromatic heterocycles. The molecule has 1 amide bonds. The predicted molar refractivity (Wildman–Crippen MR) is 121 cm³/mol. The van der Waals surface area contributed by atoms with Gasteiger partial charge in [-0.1, -0.05) is 23.7 Å². The molecule has 0 aliphatic heterocycles. The van der Waals surface area contributed by atoms with E-state index in [1.807, 2.05) is 55.5 Å². The van der Waals surface area contributed by atoms with Gasteiger partial charge in [0.15, 0.2) is 12.6 Å². The molecule has 2 aromatic carbocycles. The van der Waals surface area contributed by atoms with Crippen LogP contribution >= 0.6 is 23.4 Å². The molecule has 0 bridgehead atoms. The average molecular weight is 435 g/mol. The Labute approximate surface area is 181 Å². The van der Waals surface area contributed by atoms with Gasteiger partial charge in [0.05, 0.1) is 0 Å². The molecule has 0 saturated carbocycles. The number of hydrogen-bond donors (Lipinski definition) is 3. The highest BCUT2D eigenvalue weighted by atomic mass is 35.5. The van der Waals surface area contributed by atoms with Crippen molar-refractivity contribution in [2.24, 2.45) is 10.7 Å². The summed E-state index contributed by atoms with van der Waals surface area (Å²) in [5.41, 5.74) is 6.22. The summed E-state index contributed by atoms with van der Waals surface area (Å²) in [6.07, 6.45) is 0.812. The van der Waals surface area contributed by atoms with Crippen molar-refractivity contribution in [3.63, 3.8) is 0 Å². The minimum Gasteiger partial charge on any atom is -0.484 e. The first-order valence-corrected chi connectivity index (χ1v) is 10.8. The monoisotopic (exact) mass is 434 g/mol. The fraction of sp³-hybridized carbons (Fsp3) is 0.333. The third kappa shape index (κ3) is 9.58. The summed E-state index contributed by atoms with van der Waals surface area (Å²) in [6.45, 7) is 4.22. The molecule has 4 N–H and O–H groups in total. The van der Waals surface area contributed by atoms with E-state index in [-0.39, 0.29) is 6.61 Å². The van der Waals surface area contributed by atoms with Crippen molar-refractivity contribution in [1.82, 2.24) is 10.6 Å². The van der Waals surface area contributed by atoms with Gasteiger partial charge >= 0.3 is 0 Å². The van der Waals surface area contributed by atoms with E-state index < -0.39 is 5.91 Å². The zero-order chi connectivity index (χ0) is 20.9. The van der Waals surface area contributed by atoms with Crippen LogP contribution in [-0.4, -0.2) is 43.9 Å². The lowest BCUT2D eigenvalue weighted by Gasteiger charge is -2.11. The number of carbonyl (C=O) groups excluding carboxylic acids is 1. The molecule has 2 rings (SSSR count). The van der Waals surface area contributed by atoms with E-state index in [9.17, 15) is 4.79 Å². The zero-order valence-electron chi connectivity index (χ0n) is 16.5. The third-order valence-corrected chi connectivity index (χ3v) is 5.06. The molecule has 6 nitrogen and oxygen atoms in total. The normalized spacial score (nSPS) is 11.2. The Bertz CT molecular complexity index is 782. The summed E-state index contributed by atoms with van der Waals surface area (Å²) in [6, 6.07) is 15.5. The van der Waals surface area contributed by atoms with Crippen LogP contribution in [0.5, 0.6) is 5.75 Å². The van der Waals surface area contributed by atoms with E-state index in [1.54, 1.807) is 11.8 Å². The summed E-state index contributed by atoms with van der Waals surface area (Å²) >= 11 is 7.68. The molecular weight excluding hydrogens is 408 g/mol. The molecule has 0 saturated heterocycles. The van der Waals surface area contributed by atoms with E-state index >= 15 is 0 Å². The van der Waals surface area contributed by atoms with Gasteiger partial charge < -0.3 is 21.1 Å². The Morgan fingerprint density at radius 2 is 1.86 bits per heavy atom. The number of halogens is 1. The van der Waals surface area contributed by atoms with Crippen LogP contribution in [0.3, 0.4) is 0 Å². The summed E-state index contributed by atoms with van der Waals surface area (Å²) in [7, 11) is 0. The lowest BCUT2D eigenvalue weighted by Crippen LogP contribution is -2.38. The number of guanidine groups is 1. The van der Waals surface area contributed by atoms with Gasteiger partial charge in [-0.25, -0.2) is 0 Å². The van der Waals surface area contributed by atoms with Crippen molar-refractivity contribution in [3.8, 4) is 5.75 Å². The Kier molecular flexibility index (Phi) is 10.2. The molecular formula is C21H27ClN4O2S. The van der Waals surface area contributed by atoms with Crippen molar-refractivity contribution in [3.05, 3.63) is 59.1 Å². The summed E-state index contributed by atoms with van der Waals surface area (Å²) in [5, 5.41) is 7.36. The standard InChI is InChI=1S/C21H27ClN4O2S/c1-2-24-21(26-13-14-29-19-9-5-17(22)6-10-19)25-12-11-16-3-7-18(8-4-16)28-15-20(23)27/h3-10H,2,11-15H2,1H3,(H2,23,27)(H2,24,25,26). The van der Waals surface area contributed by atoms with Crippen LogP contribution in [0, 0.1) is 0 Å². The summed E-state index contributed by atoms with van der Waals surface area (Å²) in [4.78, 5) is 16.6. The zero-order valence-corrected chi connectivity index (χ0v) is 18.1. The predicted octanol–water partition coefficient (Wildman–Crippen LogP) is 3.09. The molecule has 0 unspecified atom stereocenters. The maximum atomic E-state index is 10.7. The number of amides is 1. The van der Waals surface area contributed by atoms with E-state index in [0.717, 1.165) is 41.8 Å². The molecule has 0 spiro atoms. The molecule has 0 aliphatic carbocycles. The van der Waals surface area contributed by atoms with Crippen LogP contribution in [-0.2, 0) is 11.2 Å². The molecule has 2 aromatic rings. The van der Waals surface area contributed by atoms with Crippen LogP contribution in [0.15, 0.2) is 58.4 Å². The highest BCUT2D eigenvalue weighted by Gasteiger charge is 2.01. The van der Waals surface area contributed by atoms with Crippen molar-refractivity contribution in [1.29, 1.82) is 0 Å². The largest absolute Gasteiger partial charge is 0.484 e. The number of rotatable bonds is 11. The molecule has 0 fully saturated rings. The van der Waals surface area contributed by atoms with E-state index in [4.69, 9.17) is 22.1 Å². The summed E-state index contributed by atoms with van der Waals surface area (Å²) < 4.78 is 5.26. The second-order valence-electron chi connectivity index (χ2n) is 6.14. The molecule has 0 aliphatic rings. The SMILES string of the molecule is CCNC(=NCCc1ccc(OCC(N)=O)cc1)NCCSc1ccc(Cl)cc1. The number of carbonyl (C=O) groups is 1. The first-order chi connectivity index (χ1) is 14.1. The minimum absolute atomic E-state index is 0.113. The molecule has 0 radical (unpaired) electrons. The third-order valence-electron chi connectivity index (χ3n) is 3.80. The van der Waals surface area contributed by atoms with Crippen LogP contribution in [0.25, 0.3) is 0 Å². The quantitative estimate of drug-likeness (QED) is 0.219. The highest BCUT2D eigenvalue weighted by molar-refractivity contribution is 7.99. The van der Waals surface area contributed by atoms with E-state index in [0.29, 0.717) is 12.3 Å². The minimum atomic E-state index is -0.488. The Morgan fingerprint density at radius 1 is 1.14 bits per heavy atom. The lowest BCUT2D eigenvalue weighted by atomic mass is 10.1. The Balaban J connectivity index is 1.73. The first kappa shape index (κ1) is 22.9. The summed E-state index contributed by atoms with van der Waals surface area (Å²) in [5.74, 6) is 1.88. The Hall–Kier alpha value is -2.38. The maximum Gasteiger partial charge on any atom is 0.255 e. The topological polar surface area (TPSA) is 88.7 Å². The number of hydrogen-bond acceptors (Lipinski definition) is 4. The fourth-order valence-electron chi connectivity index (χ4n) is 2.41. The van der Waals surface area contributed by atoms with Gasteiger partial charge in [0.25, 0.3) is 5.91 Å². The van der Waals surface area contributed by atoms with Gasteiger partial charge in [-0.3, -0.25) is 9.79 Å². The van der Waals surface area contributed by atoms with Crippen LogP contribution in [0.1, 0.15) is 12.5 Å². The van der Waals surface area contributed by atoms with Gasteiger partial charge in [-0.2, -0.15) is 0 Å². The van der Waals surface area contributed by atoms with Crippen molar-refractivity contribution in [2.75, 3.05) is 32.0 Å². The molecule has 0 atom stereocenters. The number of nitrogens with zero attached hydrogens (tertiary/aromatic N) is 1. The van der Waals surface area contributed by atoms with Crippen molar-refractivity contribution in [2.45, 2.75) is 18.2 Å². The lowest BCUT2D eigenvalue weighted by molar-refractivity contribution is -0.119. The number of benzene rings is 2. The maximum absolute atomic E-state index is 10.7. The number of nitrogens with one attached hydrogen (secondary N) is 2. The van der Waals surface area contributed by atoms with Crippen LogP contribution in [0.4, 0.5) is 0 Å². The fourth-order valence-corrected chi connectivity index (χ4v) is 3.31. The van der Waals surface area contributed by atoms with Gasteiger partial charge in [0.2, 0.25) is 0 Å².